The number of imidazole rings is 1. The van der Waals surface area contributed by atoms with Crippen LogP contribution in [0.25, 0.3) is 5.76 Å². The van der Waals surface area contributed by atoms with Crippen LogP contribution < -0.4 is 4.74 Å². The van der Waals surface area contributed by atoms with E-state index in [4.69, 9.17) is 9.15 Å². The van der Waals surface area contributed by atoms with Crippen molar-refractivity contribution in [1.29, 1.82) is 0 Å². The summed E-state index contributed by atoms with van der Waals surface area (Å²) in [7, 11) is 0. The van der Waals surface area contributed by atoms with Crippen molar-refractivity contribution >= 4 is 17.4 Å². The second-order valence-electron chi connectivity index (χ2n) is 8.55. The molecule has 1 aromatic carbocycles. The molecule has 170 valence electrons. The maximum atomic E-state index is 13.1. The average Bonchev–Trinajstić information content (AvgIpc) is 3.57. The van der Waals surface area contributed by atoms with Gasteiger partial charge in [0.05, 0.1) is 11.9 Å². The summed E-state index contributed by atoms with van der Waals surface area (Å²) in [5, 5.41) is 11.2. The van der Waals surface area contributed by atoms with Crippen LogP contribution in [-0.2, 0) is 22.6 Å². The molecule has 1 saturated heterocycles. The van der Waals surface area contributed by atoms with E-state index in [9.17, 15) is 14.7 Å². The lowest BCUT2D eigenvalue weighted by atomic mass is 9.97. The van der Waals surface area contributed by atoms with Crippen LogP contribution in [0.15, 0.2) is 59.0 Å². The van der Waals surface area contributed by atoms with Crippen molar-refractivity contribution in [2.75, 3.05) is 6.54 Å². The first-order valence-corrected chi connectivity index (χ1v) is 11.0. The van der Waals surface area contributed by atoms with Crippen LogP contribution in [-0.4, -0.2) is 43.9 Å². The second-order valence-corrected chi connectivity index (χ2v) is 8.55. The topological polar surface area (TPSA) is 97.8 Å². The Hall–Kier alpha value is -3.81. The molecule has 8 heteroatoms. The molecular weight excluding hydrogens is 422 g/mol. The molecule has 4 heterocycles. The second kappa shape index (κ2) is 8.27. The molecule has 2 aliphatic heterocycles. The highest BCUT2D eigenvalue weighted by molar-refractivity contribution is 6.46. The number of aromatic nitrogens is 2. The van der Waals surface area contributed by atoms with Crippen molar-refractivity contribution in [2.45, 2.75) is 45.4 Å². The van der Waals surface area contributed by atoms with Crippen LogP contribution in [0.1, 0.15) is 42.0 Å². The largest absolute Gasteiger partial charge is 0.507 e. The Morgan fingerprint density at radius 2 is 2.06 bits per heavy atom. The van der Waals surface area contributed by atoms with E-state index in [0.29, 0.717) is 36.6 Å². The first kappa shape index (κ1) is 21.1. The number of aryl methyl sites for hydroxylation is 2. The molecule has 3 aromatic rings. The number of nitrogens with zero attached hydrogens (tertiary/aromatic N) is 3. The van der Waals surface area contributed by atoms with Crippen molar-refractivity contribution < 1.29 is 23.8 Å². The predicted molar refractivity (Wildman–Crippen MR) is 120 cm³/mol. The van der Waals surface area contributed by atoms with Gasteiger partial charge >= 0.3 is 0 Å². The highest BCUT2D eigenvalue weighted by Crippen LogP contribution is 2.41. The number of Topliss-reactive ketones (excluding diaryl/α,β-unsaturated/α-hetero) is 1. The van der Waals surface area contributed by atoms with Gasteiger partial charge in [0.25, 0.3) is 11.7 Å². The summed E-state index contributed by atoms with van der Waals surface area (Å²) in [4.78, 5) is 31.6. The number of carbonyl (C=O) groups excluding carboxylic acids is 2. The lowest BCUT2D eigenvalue weighted by Crippen LogP contribution is -2.31. The number of benzene rings is 1. The lowest BCUT2D eigenvalue weighted by molar-refractivity contribution is -0.140. The Labute approximate surface area is 191 Å². The summed E-state index contributed by atoms with van der Waals surface area (Å²) >= 11 is 0. The van der Waals surface area contributed by atoms with Crippen LogP contribution in [0.3, 0.4) is 0 Å². The highest BCUT2D eigenvalue weighted by Gasteiger charge is 2.47. The number of hydrogen-bond acceptors (Lipinski definition) is 6. The Balaban J connectivity index is 1.51. The Kier molecular flexibility index (Phi) is 5.28. The van der Waals surface area contributed by atoms with Crippen LogP contribution in [0.5, 0.6) is 5.75 Å². The molecule has 5 rings (SSSR count). The quantitative estimate of drug-likeness (QED) is 0.352. The standard InChI is InChI=1S/C25H25N3O5/c1-15-4-6-20(32-15)22-21(23(29)17-5-7-19-18(13-17)12-16(2)33-19)24(30)25(31)28(22)10-3-9-27-11-8-26-14-27/h4-8,11,13-14,16,22,29H,3,9-10,12H2,1-2H3/b23-21-. The number of ether oxygens (including phenoxy) is 1. The molecule has 2 unspecified atom stereocenters. The fraction of sp³-hybridized carbons (Fsp3) is 0.320. The maximum absolute atomic E-state index is 13.1. The molecule has 0 radical (unpaired) electrons. The van der Waals surface area contributed by atoms with Gasteiger partial charge in [-0.15, -0.1) is 0 Å². The van der Waals surface area contributed by atoms with E-state index in [0.717, 1.165) is 17.7 Å². The SMILES string of the molecule is Cc1ccc(C2/C(=C(/O)c3ccc4c(c3)CC(C)O4)C(=O)C(=O)N2CCCn2ccnc2)o1. The lowest BCUT2D eigenvalue weighted by Gasteiger charge is -2.23. The van der Waals surface area contributed by atoms with Crippen LogP contribution in [0.4, 0.5) is 0 Å². The van der Waals surface area contributed by atoms with Crippen molar-refractivity contribution in [3.05, 3.63) is 77.3 Å². The van der Waals surface area contributed by atoms with Gasteiger partial charge in [-0.25, -0.2) is 4.98 Å². The number of hydrogen-bond donors (Lipinski definition) is 1. The fourth-order valence-electron chi connectivity index (χ4n) is 4.57. The number of rotatable bonds is 6. The van der Waals surface area contributed by atoms with Gasteiger partial charge in [-0.2, -0.15) is 0 Å². The van der Waals surface area contributed by atoms with E-state index in [1.165, 1.54) is 4.90 Å². The number of ketones is 1. The van der Waals surface area contributed by atoms with Crippen molar-refractivity contribution in [1.82, 2.24) is 14.5 Å². The normalized spacial score (nSPS) is 21.5. The molecule has 2 aromatic heterocycles. The van der Waals surface area contributed by atoms with Crippen LogP contribution >= 0.6 is 0 Å². The average molecular weight is 447 g/mol. The zero-order valence-electron chi connectivity index (χ0n) is 18.5. The first-order valence-electron chi connectivity index (χ1n) is 11.0. The Morgan fingerprint density at radius 3 is 2.79 bits per heavy atom. The number of furan rings is 1. The molecular formula is C25H25N3O5. The summed E-state index contributed by atoms with van der Waals surface area (Å²) in [5.41, 5.74) is 1.49. The van der Waals surface area contributed by atoms with Gasteiger partial charge in [-0.05, 0) is 56.2 Å². The van der Waals surface area contributed by atoms with Gasteiger partial charge in [0.2, 0.25) is 0 Å². The molecule has 0 spiro atoms. The molecule has 33 heavy (non-hydrogen) atoms. The molecule has 2 atom stereocenters. The smallest absolute Gasteiger partial charge is 0.295 e. The van der Waals surface area contributed by atoms with Crippen molar-refractivity contribution in [3.8, 4) is 5.75 Å². The predicted octanol–water partition coefficient (Wildman–Crippen LogP) is 3.62. The molecule has 1 fully saturated rings. The van der Waals surface area contributed by atoms with Crippen molar-refractivity contribution in [3.63, 3.8) is 0 Å². The minimum absolute atomic E-state index is 0.0453. The monoisotopic (exact) mass is 447 g/mol. The maximum Gasteiger partial charge on any atom is 0.295 e. The van der Waals surface area contributed by atoms with Gasteiger partial charge in [0.1, 0.15) is 35.2 Å². The number of carbonyl (C=O) groups is 2. The number of aliphatic hydroxyl groups excluding tert-OH is 1. The van der Waals surface area contributed by atoms with E-state index >= 15 is 0 Å². The summed E-state index contributed by atoms with van der Waals surface area (Å²) in [6.07, 6.45) is 6.65. The zero-order chi connectivity index (χ0) is 23.1. The third-order valence-electron chi connectivity index (χ3n) is 6.11. The Bertz CT molecular complexity index is 1240. The number of likely N-dealkylation sites (tertiary alicyclic amines) is 1. The molecule has 1 N–H and O–H groups in total. The zero-order valence-corrected chi connectivity index (χ0v) is 18.5. The van der Waals surface area contributed by atoms with Gasteiger partial charge in [-0.1, -0.05) is 0 Å². The van der Waals surface area contributed by atoms with Gasteiger partial charge in [-0.3, -0.25) is 9.59 Å². The third-order valence-corrected chi connectivity index (χ3v) is 6.11. The van der Waals surface area contributed by atoms with E-state index in [2.05, 4.69) is 4.98 Å². The van der Waals surface area contributed by atoms with E-state index in [-0.39, 0.29) is 17.4 Å². The van der Waals surface area contributed by atoms with Gasteiger partial charge in [0.15, 0.2) is 0 Å². The third kappa shape index (κ3) is 3.82. The summed E-state index contributed by atoms with van der Waals surface area (Å²) < 4.78 is 13.5. The summed E-state index contributed by atoms with van der Waals surface area (Å²) in [6, 6.07) is 8.08. The number of amides is 1. The minimum atomic E-state index is -0.787. The van der Waals surface area contributed by atoms with Crippen LogP contribution in [0, 0.1) is 6.92 Å². The highest BCUT2D eigenvalue weighted by atomic mass is 16.5. The van der Waals surface area contributed by atoms with E-state index in [1.807, 2.05) is 23.8 Å². The molecule has 0 aliphatic carbocycles. The minimum Gasteiger partial charge on any atom is -0.507 e. The number of fused-ring (bicyclic) bond motifs is 1. The number of aliphatic hydroxyl groups is 1. The summed E-state index contributed by atoms with van der Waals surface area (Å²) in [6.45, 7) is 4.76. The van der Waals surface area contributed by atoms with Gasteiger partial charge < -0.3 is 23.7 Å². The van der Waals surface area contributed by atoms with E-state index < -0.39 is 17.7 Å². The molecule has 0 saturated carbocycles. The molecule has 1 amide bonds. The Morgan fingerprint density at radius 1 is 1.21 bits per heavy atom. The fourth-order valence-corrected chi connectivity index (χ4v) is 4.57. The molecule has 8 nitrogen and oxygen atoms in total. The first-order chi connectivity index (χ1) is 15.9. The van der Waals surface area contributed by atoms with E-state index in [1.54, 1.807) is 43.7 Å². The van der Waals surface area contributed by atoms with Crippen LogP contribution in [0.2, 0.25) is 0 Å². The molecule has 0 bridgehead atoms. The van der Waals surface area contributed by atoms with Gasteiger partial charge in [0, 0.05) is 37.5 Å². The molecule has 2 aliphatic rings. The summed E-state index contributed by atoms with van der Waals surface area (Å²) in [5.74, 6) is 0.342. The van der Waals surface area contributed by atoms with Crippen molar-refractivity contribution in [2.24, 2.45) is 0 Å².